The van der Waals surface area contributed by atoms with Gasteiger partial charge in [-0.15, -0.1) is 0 Å². The lowest BCUT2D eigenvalue weighted by Crippen LogP contribution is -2.44. The molecule has 0 aliphatic carbocycles. The zero-order valence-corrected chi connectivity index (χ0v) is 20.1. The monoisotopic (exact) mass is 469 g/mol. The number of nitrogens with one attached hydrogen (secondary N) is 1. The van der Waals surface area contributed by atoms with E-state index in [1.165, 1.54) is 16.6 Å². The van der Waals surface area contributed by atoms with E-state index in [2.05, 4.69) is 4.98 Å². The summed E-state index contributed by atoms with van der Waals surface area (Å²) >= 11 is 0. The highest BCUT2D eigenvalue weighted by Crippen LogP contribution is 2.24. The predicted octanol–water partition coefficient (Wildman–Crippen LogP) is 2.21. The van der Waals surface area contributed by atoms with Gasteiger partial charge in [0.15, 0.2) is 5.69 Å². The molecule has 1 amide bonds. The molecular formula is C24H31N5O5. The minimum absolute atomic E-state index is 0.0141. The van der Waals surface area contributed by atoms with Crippen molar-refractivity contribution in [3.63, 3.8) is 0 Å². The quantitative estimate of drug-likeness (QED) is 0.486. The number of nitrogen functional groups attached to an aromatic ring is 1. The number of methoxy groups -OCH3 is 1. The highest BCUT2D eigenvalue weighted by Gasteiger charge is 2.26. The molecule has 3 rings (SSSR count). The van der Waals surface area contributed by atoms with Crippen molar-refractivity contribution in [2.24, 2.45) is 11.8 Å². The van der Waals surface area contributed by atoms with Crippen molar-refractivity contribution in [1.82, 2.24) is 14.1 Å². The Bertz CT molecular complexity index is 1330. The van der Waals surface area contributed by atoms with Crippen LogP contribution in [0.5, 0.6) is 0 Å². The molecule has 34 heavy (non-hydrogen) atoms. The van der Waals surface area contributed by atoms with E-state index < -0.39 is 23.1 Å². The summed E-state index contributed by atoms with van der Waals surface area (Å²) in [5.74, 6) is -0.860. The summed E-state index contributed by atoms with van der Waals surface area (Å²) in [5, 5.41) is 0.653. The van der Waals surface area contributed by atoms with E-state index in [1.807, 2.05) is 27.7 Å². The van der Waals surface area contributed by atoms with Crippen LogP contribution in [0.4, 0.5) is 11.5 Å². The zero-order valence-electron chi connectivity index (χ0n) is 20.1. The molecule has 1 aromatic carbocycles. The number of carbonyl (C=O) groups is 2. The van der Waals surface area contributed by atoms with Crippen LogP contribution in [0.1, 0.15) is 38.1 Å². The number of fused-ring (bicyclic) bond motifs is 1. The number of nitrogens with two attached hydrogens (primary N) is 1. The summed E-state index contributed by atoms with van der Waals surface area (Å²) in [6, 6.07) is 7.18. The van der Waals surface area contributed by atoms with Crippen LogP contribution in [-0.2, 0) is 22.6 Å². The van der Waals surface area contributed by atoms with Crippen molar-refractivity contribution < 1.29 is 14.3 Å². The average molecular weight is 470 g/mol. The number of carbonyl (C=O) groups excluding carboxylic acids is 2. The fraction of sp³-hybridized carbons (Fsp3) is 0.417. The molecule has 0 aliphatic heterocycles. The molecule has 3 aromatic rings. The Kier molecular flexibility index (Phi) is 7.29. The normalized spacial score (nSPS) is 11.4. The molecule has 0 saturated carbocycles. The summed E-state index contributed by atoms with van der Waals surface area (Å²) in [4.78, 5) is 54.6. The highest BCUT2D eigenvalue weighted by atomic mass is 16.5. The maximum atomic E-state index is 13.6. The van der Waals surface area contributed by atoms with Crippen LogP contribution in [0.2, 0.25) is 0 Å². The molecule has 10 nitrogen and oxygen atoms in total. The van der Waals surface area contributed by atoms with Crippen LogP contribution < -0.4 is 21.9 Å². The van der Waals surface area contributed by atoms with Crippen molar-refractivity contribution >= 4 is 34.3 Å². The lowest BCUT2D eigenvalue weighted by atomic mass is 10.2. The number of hydrogen-bond acceptors (Lipinski definition) is 6. The Morgan fingerprint density at radius 3 is 2.41 bits per heavy atom. The van der Waals surface area contributed by atoms with Gasteiger partial charge in [0.05, 0.1) is 12.7 Å². The number of benzene rings is 1. The number of anilines is 2. The Balaban J connectivity index is 2.10. The van der Waals surface area contributed by atoms with Crippen LogP contribution in [0.25, 0.3) is 10.9 Å². The molecule has 0 unspecified atom stereocenters. The van der Waals surface area contributed by atoms with E-state index >= 15 is 0 Å². The molecule has 10 heteroatoms. The van der Waals surface area contributed by atoms with Crippen LogP contribution in [0, 0.1) is 11.8 Å². The van der Waals surface area contributed by atoms with Gasteiger partial charge in [-0.2, -0.15) is 0 Å². The van der Waals surface area contributed by atoms with Gasteiger partial charge in [-0.3, -0.25) is 19.1 Å². The first-order valence-electron chi connectivity index (χ1n) is 11.1. The third-order valence-electron chi connectivity index (χ3n) is 5.38. The molecule has 0 bridgehead atoms. The number of hydrogen-bond donors (Lipinski definition) is 2. The van der Waals surface area contributed by atoms with E-state index in [0.29, 0.717) is 23.0 Å². The number of aromatic amines is 1. The summed E-state index contributed by atoms with van der Waals surface area (Å²) in [6.45, 7) is 8.03. The average Bonchev–Trinajstić information content (AvgIpc) is 3.13. The topological polar surface area (TPSA) is 132 Å². The molecular weight excluding hydrogens is 438 g/mol. The number of ether oxygens (including phenoxy) is 1. The SMILES string of the molecule is COC(=O)c1cn(CC(=O)N(CC(C)C)c2c(N)n(CC(C)C)c(=O)[nH]c2=O)c2ccccc12. The fourth-order valence-electron chi connectivity index (χ4n) is 3.95. The molecule has 0 aliphatic rings. The van der Waals surface area contributed by atoms with E-state index in [4.69, 9.17) is 10.5 Å². The Labute approximate surface area is 196 Å². The second kappa shape index (κ2) is 9.98. The van der Waals surface area contributed by atoms with Gasteiger partial charge in [0.1, 0.15) is 12.4 Å². The highest BCUT2D eigenvalue weighted by molar-refractivity contribution is 6.05. The summed E-state index contributed by atoms with van der Waals surface area (Å²) < 4.78 is 7.80. The van der Waals surface area contributed by atoms with Gasteiger partial charge in [-0.1, -0.05) is 45.9 Å². The largest absolute Gasteiger partial charge is 0.465 e. The second-order valence-corrected chi connectivity index (χ2v) is 9.08. The molecule has 2 aromatic heterocycles. The van der Waals surface area contributed by atoms with E-state index in [1.54, 1.807) is 35.0 Å². The standard InChI is InChI=1S/C24H31N5O5/c1-14(2)10-28(20-21(25)29(11-15(3)4)24(33)26-22(20)31)19(30)13-27-12-17(23(32)34-5)16-8-6-7-9-18(16)27/h6-9,12,14-15H,10-11,13,25H2,1-5H3,(H,26,31,33). The van der Waals surface area contributed by atoms with Crippen LogP contribution in [0.15, 0.2) is 40.1 Å². The van der Waals surface area contributed by atoms with Gasteiger partial charge in [0, 0.05) is 30.2 Å². The Hall–Kier alpha value is -3.82. The van der Waals surface area contributed by atoms with Crippen molar-refractivity contribution in [3.05, 3.63) is 56.9 Å². The summed E-state index contributed by atoms with van der Waals surface area (Å²) in [5.41, 5.74) is 5.90. The molecule has 182 valence electrons. The van der Waals surface area contributed by atoms with E-state index in [0.717, 1.165) is 0 Å². The molecule has 0 fully saturated rings. The van der Waals surface area contributed by atoms with Gasteiger partial charge in [-0.05, 0) is 17.9 Å². The first-order chi connectivity index (χ1) is 16.0. The van der Waals surface area contributed by atoms with E-state index in [-0.39, 0.29) is 36.4 Å². The van der Waals surface area contributed by atoms with Gasteiger partial charge < -0.3 is 19.9 Å². The maximum absolute atomic E-state index is 13.6. The smallest absolute Gasteiger partial charge is 0.340 e. The van der Waals surface area contributed by atoms with Crippen molar-refractivity contribution in [3.8, 4) is 0 Å². The molecule has 0 radical (unpaired) electrons. The molecule has 0 atom stereocenters. The number of H-pyrrole nitrogens is 1. The second-order valence-electron chi connectivity index (χ2n) is 9.08. The summed E-state index contributed by atoms with van der Waals surface area (Å²) in [7, 11) is 1.30. The Morgan fingerprint density at radius 2 is 1.79 bits per heavy atom. The fourth-order valence-corrected chi connectivity index (χ4v) is 3.95. The number of esters is 1. The lowest BCUT2D eigenvalue weighted by Gasteiger charge is -2.26. The number of para-hydroxylation sites is 1. The van der Waals surface area contributed by atoms with Gasteiger partial charge in [-0.25, -0.2) is 9.59 Å². The first kappa shape index (κ1) is 24.8. The predicted molar refractivity (Wildman–Crippen MR) is 131 cm³/mol. The zero-order chi connectivity index (χ0) is 25.2. The minimum atomic E-state index is -0.718. The molecule has 3 N–H and O–H groups in total. The van der Waals surface area contributed by atoms with Crippen LogP contribution in [0.3, 0.4) is 0 Å². The maximum Gasteiger partial charge on any atom is 0.340 e. The lowest BCUT2D eigenvalue weighted by molar-refractivity contribution is -0.119. The minimum Gasteiger partial charge on any atom is -0.465 e. The molecule has 2 heterocycles. The van der Waals surface area contributed by atoms with Gasteiger partial charge in [0.25, 0.3) is 5.56 Å². The van der Waals surface area contributed by atoms with Crippen molar-refractivity contribution in [2.45, 2.75) is 40.8 Å². The van der Waals surface area contributed by atoms with Gasteiger partial charge >= 0.3 is 11.7 Å². The first-order valence-corrected chi connectivity index (χ1v) is 11.1. The van der Waals surface area contributed by atoms with Crippen molar-refractivity contribution in [2.75, 3.05) is 24.3 Å². The van der Waals surface area contributed by atoms with E-state index in [9.17, 15) is 19.2 Å². The third-order valence-corrected chi connectivity index (χ3v) is 5.38. The van der Waals surface area contributed by atoms with Crippen molar-refractivity contribution in [1.29, 1.82) is 0 Å². The number of nitrogens with zero attached hydrogens (tertiary/aromatic N) is 3. The number of amides is 1. The van der Waals surface area contributed by atoms with Crippen LogP contribution >= 0.6 is 0 Å². The molecule has 0 spiro atoms. The molecule has 0 saturated heterocycles. The number of rotatable bonds is 8. The summed E-state index contributed by atoms with van der Waals surface area (Å²) in [6.07, 6.45) is 1.56. The number of aromatic nitrogens is 3. The third kappa shape index (κ3) is 4.90. The van der Waals surface area contributed by atoms with Gasteiger partial charge in [0.2, 0.25) is 5.91 Å². The van der Waals surface area contributed by atoms with Crippen LogP contribution in [-0.4, -0.2) is 39.6 Å². The Morgan fingerprint density at radius 1 is 1.12 bits per heavy atom.